The SMILES string of the molecule is CCOc1cc([C@@H]2Nc3ccccc3C(=O)N2CCOC)ccc1O[C@H](C)C(=O)N(C)C. The van der Waals surface area contributed by atoms with E-state index in [1.54, 1.807) is 39.1 Å². The Morgan fingerprint density at radius 1 is 1.19 bits per heavy atom. The standard InChI is InChI=1S/C24H31N3O5/c1-6-31-21-15-17(11-12-20(21)32-16(2)23(28)26(3)4)22-25-19-10-8-7-9-18(19)24(29)27(22)13-14-30-5/h7-12,15-16,22,25H,6,13-14H2,1-5H3/t16-,22-/m1/s1. The van der Waals surface area contributed by atoms with E-state index in [0.29, 0.717) is 36.8 Å². The van der Waals surface area contributed by atoms with Gasteiger partial charge in [0, 0.05) is 33.4 Å². The molecule has 0 bridgehead atoms. The number of anilines is 1. The average Bonchev–Trinajstić information content (AvgIpc) is 2.79. The molecule has 32 heavy (non-hydrogen) atoms. The number of carbonyl (C=O) groups is 2. The third-order valence-electron chi connectivity index (χ3n) is 5.23. The van der Waals surface area contributed by atoms with Crippen molar-refractivity contribution in [2.24, 2.45) is 0 Å². The number of methoxy groups -OCH3 is 1. The Morgan fingerprint density at radius 2 is 1.94 bits per heavy atom. The van der Waals surface area contributed by atoms with Crippen LogP contribution in [0.15, 0.2) is 42.5 Å². The molecule has 0 saturated heterocycles. The van der Waals surface area contributed by atoms with Crippen LogP contribution in [0.3, 0.4) is 0 Å². The number of hydrogen-bond donors (Lipinski definition) is 1. The lowest BCUT2D eigenvalue weighted by Crippen LogP contribution is -2.44. The zero-order valence-corrected chi connectivity index (χ0v) is 19.3. The summed E-state index contributed by atoms with van der Waals surface area (Å²) in [5, 5.41) is 3.46. The van der Waals surface area contributed by atoms with E-state index in [1.807, 2.05) is 43.3 Å². The van der Waals surface area contributed by atoms with E-state index < -0.39 is 12.3 Å². The molecule has 0 aromatic heterocycles. The van der Waals surface area contributed by atoms with E-state index in [4.69, 9.17) is 14.2 Å². The highest BCUT2D eigenvalue weighted by Crippen LogP contribution is 2.37. The third-order valence-corrected chi connectivity index (χ3v) is 5.23. The maximum atomic E-state index is 13.2. The fourth-order valence-electron chi connectivity index (χ4n) is 3.64. The van der Waals surface area contributed by atoms with Crippen molar-refractivity contribution in [2.75, 3.05) is 46.3 Å². The van der Waals surface area contributed by atoms with Gasteiger partial charge in [-0.3, -0.25) is 9.59 Å². The highest BCUT2D eigenvalue weighted by Gasteiger charge is 2.33. The third kappa shape index (κ3) is 4.96. The summed E-state index contributed by atoms with van der Waals surface area (Å²) in [7, 11) is 4.99. The van der Waals surface area contributed by atoms with Gasteiger partial charge in [0.15, 0.2) is 17.6 Å². The van der Waals surface area contributed by atoms with Crippen LogP contribution in [0.4, 0.5) is 5.69 Å². The fourth-order valence-corrected chi connectivity index (χ4v) is 3.64. The van der Waals surface area contributed by atoms with E-state index in [9.17, 15) is 9.59 Å². The number of likely N-dealkylation sites (N-methyl/N-ethyl adjacent to an activating group) is 1. The van der Waals surface area contributed by atoms with Crippen LogP contribution in [0.5, 0.6) is 11.5 Å². The van der Waals surface area contributed by atoms with Crippen molar-refractivity contribution in [3.05, 3.63) is 53.6 Å². The Morgan fingerprint density at radius 3 is 2.62 bits per heavy atom. The van der Waals surface area contributed by atoms with Crippen LogP contribution in [0.2, 0.25) is 0 Å². The van der Waals surface area contributed by atoms with Gasteiger partial charge in [-0.2, -0.15) is 0 Å². The van der Waals surface area contributed by atoms with Crippen molar-refractivity contribution >= 4 is 17.5 Å². The molecule has 1 aliphatic heterocycles. The number of para-hydroxylation sites is 1. The molecule has 0 unspecified atom stereocenters. The summed E-state index contributed by atoms with van der Waals surface area (Å²) in [6.07, 6.45) is -1.06. The molecule has 2 aromatic rings. The van der Waals surface area contributed by atoms with Crippen LogP contribution >= 0.6 is 0 Å². The normalized spacial score (nSPS) is 16.1. The van der Waals surface area contributed by atoms with Crippen molar-refractivity contribution in [1.29, 1.82) is 0 Å². The molecule has 2 aromatic carbocycles. The Kier molecular flexibility index (Phi) is 7.58. The predicted molar refractivity (Wildman–Crippen MR) is 122 cm³/mol. The van der Waals surface area contributed by atoms with Crippen LogP contribution in [0, 0.1) is 0 Å². The Balaban J connectivity index is 1.95. The molecule has 0 saturated carbocycles. The summed E-state index contributed by atoms with van der Waals surface area (Å²) in [5.74, 6) is 0.788. The summed E-state index contributed by atoms with van der Waals surface area (Å²) in [6.45, 7) is 4.86. The van der Waals surface area contributed by atoms with E-state index >= 15 is 0 Å². The fraction of sp³-hybridized carbons (Fsp3) is 0.417. The molecule has 0 spiro atoms. The first-order valence-corrected chi connectivity index (χ1v) is 10.7. The van der Waals surface area contributed by atoms with E-state index in [1.165, 1.54) is 4.90 Å². The number of rotatable bonds is 9. The molecule has 3 rings (SSSR count). The lowest BCUT2D eigenvalue weighted by Gasteiger charge is -2.38. The first-order valence-electron chi connectivity index (χ1n) is 10.7. The second kappa shape index (κ2) is 10.4. The lowest BCUT2D eigenvalue weighted by atomic mass is 10.0. The van der Waals surface area contributed by atoms with Crippen molar-refractivity contribution < 1.29 is 23.8 Å². The molecule has 172 valence electrons. The molecular formula is C24H31N3O5. The highest BCUT2D eigenvalue weighted by molar-refractivity contribution is 6.01. The van der Waals surface area contributed by atoms with Gasteiger partial charge in [0.05, 0.1) is 18.8 Å². The summed E-state index contributed by atoms with van der Waals surface area (Å²) < 4.78 is 16.9. The van der Waals surface area contributed by atoms with Gasteiger partial charge in [-0.05, 0) is 43.7 Å². The number of carbonyl (C=O) groups excluding carboxylic acids is 2. The van der Waals surface area contributed by atoms with Gasteiger partial charge in [-0.15, -0.1) is 0 Å². The summed E-state index contributed by atoms with van der Waals surface area (Å²) in [5.41, 5.74) is 2.24. The number of nitrogens with one attached hydrogen (secondary N) is 1. The molecule has 1 N–H and O–H groups in total. The molecule has 2 atom stereocenters. The second-order valence-electron chi connectivity index (χ2n) is 7.72. The first-order chi connectivity index (χ1) is 15.4. The smallest absolute Gasteiger partial charge is 0.262 e. The first kappa shape index (κ1) is 23.4. The molecule has 0 fully saturated rings. The van der Waals surface area contributed by atoms with Crippen LogP contribution in [0.1, 0.15) is 35.9 Å². The monoisotopic (exact) mass is 441 g/mol. The zero-order chi connectivity index (χ0) is 23.3. The topological polar surface area (TPSA) is 80.3 Å². The summed E-state index contributed by atoms with van der Waals surface area (Å²) in [6, 6.07) is 13.0. The van der Waals surface area contributed by atoms with Crippen LogP contribution in [-0.4, -0.2) is 68.7 Å². The molecule has 2 amide bonds. The van der Waals surface area contributed by atoms with Gasteiger partial charge in [0.1, 0.15) is 6.17 Å². The maximum absolute atomic E-state index is 13.2. The van der Waals surface area contributed by atoms with Crippen LogP contribution in [0.25, 0.3) is 0 Å². The maximum Gasteiger partial charge on any atom is 0.262 e. The van der Waals surface area contributed by atoms with Crippen molar-refractivity contribution in [3.8, 4) is 11.5 Å². The number of hydrogen-bond acceptors (Lipinski definition) is 6. The molecule has 8 heteroatoms. The molecule has 1 aliphatic rings. The average molecular weight is 442 g/mol. The highest BCUT2D eigenvalue weighted by atomic mass is 16.5. The van der Waals surface area contributed by atoms with Crippen molar-refractivity contribution in [2.45, 2.75) is 26.1 Å². The second-order valence-corrected chi connectivity index (χ2v) is 7.72. The molecule has 0 radical (unpaired) electrons. The van der Waals surface area contributed by atoms with Gasteiger partial charge < -0.3 is 29.3 Å². The Hall–Kier alpha value is -3.26. The van der Waals surface area contributed by atoms with Gasteiger partial charge >= 0.3 is 0 Å². The molecule has 1 heterocycles. The van der Waals surface area contributed by atoms with Crippen LogP contribution in [-0.2, 0) is 9.53 Å². The van der Waals surface area contributed by atoms with Gasteiger partial charge in [0.2, 0.25) is 0 Å². The Bertz CT molecular complexity index is 962. The van der Waals surface area contributed by atoms with Crippen LogP contribution < -0.4 is 14.8 Å². The van der Waals surface area contributed by atoms with E-state index in [0.717, 1.165) is 11.3 Å². The van der Waals surface area contributed by atoms with Gasteiger partial charge in [-0.1, -0.05) is 18.2 Å². The zero-order valence-electron chi connectivity index (χ0n) is 19.3. The number of amides is 2. The van der Waals surface area contributed by atoms with Crippen molar-refractivity contribution in [3.63, 3.8) is 0 Å². The van der Waals surface area contributed by atoms with Gasteiger partial charge in [-0.25, -0.2) is 0 Å². The summed E-state index contributed by atoms with van der Waals surface area (Å²) in [4.78, 5) is 28.7. The minimum atomic E-state index is -0.658. The molecular weight excluding hydrogens is 410 g/mol. The Labute approximate surface area is 189 Å². The number of ether oxygens (including phenoxy) is 3. The molecule has 8 nitrogen and oxygen atoms in total. The largest absolute Gasteiger partial charge is 0.490 e. The van der Waals surface area contributed by atoms with E-state index in [2.05, 4.69) is 5.32 Å². The minimum Gasteiger partial charge on any atom is -0.490 e. The predicted octanol–water partition coefficient (Wildman–Crippen LogP) is 3.15. The lowest BCUT2D eigenvalue weighted by molar-refractivity contribution is -0.135. The minimum absolute atomic E-state index is 0.0649. The van der Waals surface area contributed by atoms with Crippen molar-refractivity contribution in [1.82, 2.24) is 9.80 Å². The summed E-state index contributed by atoms with van der Waals surface area (Å²) >= 11 is 0. The number of benzene rings is 2. The number of fused-ring (bicyclic) bond motifs is 1. The van der Waals surface area contributed by atoms with E-state index in [-0.39, 0.29) is 11.8 Å². The quantitative estimate of drug-likeness (QED) is 0.644. The molecule has 0 aliphatic carbocycles. The number of nitrogens with zero attached hydrogens (tertiary/aromatic N) is 2. The van der Waals surface area contributed by atoms with Gasteiger partial charge in [0.25, 0.3) is 11.8 Å².